The van der Waals surface area contributed by atoms with Crippen LogP contribution >= 0.6 is 23.4 Å². The number of carbonyl (C=O) groups is 1. The topological polar surface area (TPSA) is 116 Å². The van der Waals surface area contributed by atoms with Gasteiger partial charge in [0.25, 0.3) is 5.69 Å². The predicted molar refractivity (Wildman–Crippen MR) is 101 cm³/mol. The summed E-state index contributed by atoms with van der Waals surface area (Å²) < 4.78 is 1.24. The Morgan fingerprint density at radius 1 is 1.33 bits per heavy atom. The number of tetrazole rings is 1. The van der Waals surface area contributed by atoms with Gasteiger partial charge in [-0.2, -0.15) is 4.68 Å². The van der Waals surface area contributed by atoms with Gasteiger partial charge in [-0.3, -0.25) is 14.9 Å². The largest absolute Gasteiger partial charge is 0.324 e. The zero-order valence-corrected chi connectivity index (χ0v) is 15.6. The zero-order chi connectivity index (χ0) is 19.4. The number of nitro benzene ring substituents is 1. The molecular weight excluding hydrogens is 392 g/mol. The number of hydrogen-bond acceptors (Lipinski definition) is 7. The van der Waals surface area contributed by atoms with Crippen LogP contribution in [0.25, 0.3) is 5.69 Å². The van der Waals surface area contributed by atoms with Crippen LogP contribution in [0.3, 0.4) is 0 Å². The zero-order valence-electron chi connectivity index (χ0n) is 14.0. The summed E-state index contributed by atoms with van der Waals surface area (Å²) in [5.74, 6) is -0.299. The molecule has 3 rings (SSSR count). The van der Waals surface area contributed by atoms with Crippen molar-refractivity contribution in [3.05, 3.63) is 63.2 Å². The van der Waals surface area contributed by atoms with Crippen LogP contribution in [0.4, 0.5) is 11.4 Å². The minimum absolute atomic E-state index is 0.00521. The van der Waals surface area contributed by atoms with Gasteiger partial charge >= 0.3 is 0 Å². The van der Waals surface area contributed by atoms with Gasteiger partial charge in [-0.1, -0.05) is 41.6 Å². The lowest BCUT2D eigenvalue weighted by molar-refractivity contribution is -0.384. The molecule has 0 aliphatic heterocycles. The highest BCUT2D eigenvalue weighted by Gasteiger charge is 2.20. The number of aryl methyl sites for hydroxylation is 1. The first kappa shape index (κ1) is 18.8. The molecule has 0 atom stereocenters. The lowest BCUT2D eigenvalue weighted by Crippen LogP contribution is -2.15. The van der Waals surface area contributed by atoms with Crippen molar-refractivity contribution in [1.82, 2.24) is 20.2 Å². The fourth-order valence-electron chi connectivity index (χ4n) is 2.26. The number of nitrogens with one attached hydrogen (secondary N) is 1. The minimum Gasteiger partial charge on any atom is -0.324 e. The summed E-state index contributed by atoms with van der Waals surface area (Å²) in [5.41, 5.74) is 1.35. The number of benzene rings is 2. The molecule has 11 heteroatoms. The third-order valence-corrected chi connectivity index (χ3v) is 4.73. The number of aromatic nitrogens is 4. The maximum atomic E-state index is 12.2. The van der Waals surface area contributed by atoms with Crippen LogP contribution in [0.5, 0.6) is 0 Å². The summed E-state index contributed by atoms with van der Waals surface area (Å²) in [7, 11) is 0. The molecule has 1 heterocycles. The Labute approximate surface area is 162 Å². The molecule has 0 fully saturated rings. The van der Waals surface area contributed by atoms with Gasteiger partial charge in [0.05, 0.1) is 21.4 Å². The molecule has 138 valence electrons. The third-order valence-electron chi connectivity index (χ3n) is 3.48. The van der Waals surface area contributed by atoms with Gasteiger partial charge in [-0.05, 0) is 41.1 Å². The molecule has 9 nitrogen and oxygen atoms in total. The predicted octanol–water partition coefficient (Wildman–Crippen LogP) is 3.26. The smallest absolute Gasteiger partial charge is 0.295 e. The third kappa shape index (κ3) is 4.41. The van der Waals surface area contributed by atoms with Crippen molar-refractivity contribution in [1.29, 1.82) is 0 Å². The highest BCUT2D eigenvalue weighted by atomic mass is 35.5. The van der Waals surface area contributed by atoms with E-state index in [1.165, 1.54) is 10.7 Å². The molecule has 0 aliphatic carbocycles. The normalized spacial score (nSPS) is 10.6. The van der Waals surface area contributed by atoms with E-state index in [2.05, 4.69) is 20.8 Å². The molecule has 1 N–H and O–H groups in total. The van der Waals surface area contributed by atoms with E-state index in [-0.39, 0.29) is 28.2 Å². The second-order valence-corrected chi connectivity index (χ2v) is 6.79. The van der Waals surface area contributed by atoms with Crippen LogP contribution in [0.2, 0.25) is 5.02 Å². The van der Waals surface area contributed by atoms with E-state index in [0.717, 1.165) is 17.3 Å². The Balaban J connectivity index is 1.76. The van der Waals surface area contributed by atoms with Crippen LogP contribution in [0.15, 0.2) is 47.6 Å². The SMILES string of the molecule is Cc1ccc(-n2nnnc2SCC(=O)Nc2ccccc2Cl)c([N+](=O)[O-])c1. The standard InChI is InChI=1S/C16H13ClN6O3S/c1-10-6-7-13(14(8-10)23(25)26)22-16(19-20-21-22)27-9-15(24)18-12-5-3-2-4-11(12)17/h2-8H,9H2,1H3,(H,18,24). The molecule has 1 aromatic heterocycles. The lowest BCUT2D eigenvalue weighted by Gasteiger charge is -2.07. The first-order valence-electron chi connectivity index (χ1n) is 7.66. The fourth-order valence-corrected chi connectivity index (χ4v) is 3.12. The van der Waals surface area contributed by atoms with Crippen molar-refractivity contribution in [3.8, 4) is 5.69 Å². The number of para-hydroxylation sites is 1. The molecule has 0 radical (unpaired) electrons. The molecule has 0 saturated heterocycles. The van der Waals surface area contributed by atoms with Gasteiger partial charge in [0, 0.05) is 6.07 Å². The van der Waals surface area contributed by atoms with Crippen molar-refractivity contribution >= 4 is 40.6 Å². The molecule has 2 aromatic carbocycles. The molecule has 0 unspecified atom stereocenters. The van der Waals surface area contributed by atoms with E-state index >= 15 is 0 Å². The molecular formula is C16H13ClN6O3S. The number of carbonyl (C=O) groups excluding carboxylic acids is 1. The van der Waals surface area contributed by atoms with Crippen LogP contribution in [0, 0.1) is 17.0 Å². The number of amides is 1. The fraction of sp³-hybridized carbons (Fsp3) is 0.125. The average Bonchev–Trinajstić information content (AvgIpc) is 3.10. The Morgan fingerprint density at radius 3 is 2.85 bits per heavy atom. The molecule has 0 saturated carbocycles. The molecule has 0 aliphatic rings. The first-order valence-corrected chi connectivity index (χ1v) is 9.03. The van der Waals surface area contributed by atoms with Crippen LogP contribution in [-0.4, -0.2) is 36.8 Å². The molecule has 27 heavy (non-hydrogen) atoms. The van der Waals surface area contributed by atoms with E-state index in [9.17, 15) is 14.9 Å². The lowest BCUT2D eigenvalue weighted by atomic mass is 10.2. The summed E-state index contributed by atoms with van der Waals surface area (Å²) >= 11 is 7.07. The summed E-state index contributed by atoms with van der Waals surface area (Å²) in [6, 6.07) is 11.6. The van der Waals surface area contributed by atoms with E-state index in [0.29, 0.717) is 10.7 Å². The maximum Gasteiger partial charge on any atom is 0.295 e. The van der Waals surface area contributed by atoms with Crippen molar-refractivity contribution in [2.24, 2.45) is 0 Å². The second kappa shape index (κ2) is 8.14. The van der Waals surface area contributed by atoms with Crippen molar-refractivity contribution in [2.45, 2.75) is 12.1 Å². The van der Waals surface area contributed by atoms with Gasteiger partial charge in [-0.25, -0.2) is 0 Å². The summed E-state index contributed by atoms with van der Waals surface area (Å²) in [6.45, 7) is 1.76. The summed E-state index contributed by atoms with van der Waals surface area (Å²) in [4.78, 5) is 23.0. The molecule has 0 bridgehead atoms. The van der Waals surface area contributed by atoms with Gasteiger partial charge in [0.2, 0.25) is 11.1 Å². The van der Waals surface area contributed by atoms with Crippen LogP contribution in [-0.2, 0) is 4.79 Å². The monoisotopic (exact) mass is 404 g/mol. The number of nitrogens with zero attached hydrogens (tertiary/aromatic N) is 5. The first-order chi connectivity index (χ1) is 13.0. The maximum absolute atomic E-state index is 12.2. The number of nitro groups is 1. The van der Waals surface area contributed by atoms with E-state index in [4.69, 9.17) is 11.6 Å². The number of rotatable bonds is 6. The number of thioether (sulfide) groups is 1. The van der Waals surface area contributed by atoms with Crippen molar-refractivity contribution < 1.29 is 9.72 Å². The Bertz CT molecular complexity index is 1010. The molecule has 0 spiro atoms. The number of hydrogen-bond donors (Lipinski definition) is 1. The van der Waals surface area contributed by atoms with Gasteiger partial charge in [-0.15, -0.1) is 5.10 Å². The van der Waals surface area contributed by atoms with Crippen molar-refractivity contribution in [2.75, 3.05) is 11.1 Å². The van der Waals surface area contributed by atoms with Crippen LogP contribution < -0.4 is 5.32 Å². The number of anilines is 1. The Kier molecular flexibility index (Phi) is 5.67. The van der Waals surface area contributed by atoms with E-state index in [1.807, 2.05) is 0 Å². The van der Waals surface area contributed by atoms with Gasteiger partial charge in [0.1, 0.15) is 5.69 Å². The molecule has 1 amide bonds. The van der Waals surface area contributed by atoms with E-state index in [1.54, 1.807) is 43.3 Å². The Morgan fingerprint density at radius 2 is 2.11 bits per heavy atom. The highest BCUT2D eigenvalue weighted by molar-refractivity contribution is 7.99. The van der Waals surface area contributed by atoms with Crippen molar-refractivity contribution in [3.63, 3.8) is 0 Å². The minimum atomic E-state index is -0.497. The van der Waals surface area contributed by atoms with Gasteiger partial charge in [0.15, 0.2) is 0 Å². The van der Waals surface area contributed by atoms with Gasteiger partial charge < -0.3 is 5.32 Å². The second-order valence-electron chi connectivity index (χ2n) is 5.44. The summed E-state index contributed by atoms with van der Waals surface area (Å²) in [5, 5.41) is 25.9. The quantitative estimate of drug-likeness (QED) is 0.380. The molecule has 3 aromatic rings. The van der Waals surface area contributed by atoms with Crippen LogP contribution in [0.1, 0.15) is 5.56 Å². The van der Waals surface area contributed by atoms with E-state index < -0.39 is 4.92 Å². The average molecular weight is 405 g/mol. The number of halogens is 1. The highest BCUT2D eigenvalue weighted by Crippen LogP contribution is 2.27. The summed E-state index contributed by atoms with van der Waals surface area (Å²) in [6.07, 6.45) is 0. The Hall–Kier alpha value is -2.98.